The SMILES string of the molecule is CCOC(=O)C1OC(O[C@@H]2[C@H](O)[C@@H](CO)O[C@H]2n2cnc3c(NC(=O)c4ccccc4)ncnc32)OC1C(=O)OCC. The van der Waals surface area contributed by atoms with Crippen LogP contribution in [-0.4, -0.2) is 104 Å². The number of fused-ring (bicyclic) bond motifs is 1. The zero-order chi connectivity index (χ0) is 29.8. The fourth-order valence-electron chi connectivity index (χ4n) is 4.55. The van der Waals surface area contributed by atoms with Gasteiger partial charge < -0.3 is 44.0 Å². The van der Waals surface area contributed by atoms with Crippen LogP contribution in [0.1, 0.15) is 30.4 Å². The maximum absolute atomic E-state index is 12.7. The molecule has 2 unspecified atom stereocenters. The summed E-state index contributed by atoms with van der Waals surface area (Å²) in [5.41, 5.74) is 0.827. The van der Waals surface area contributed by atoms with Crippen LogP contribution < -0.4 is 5.32 Å². The number of esters is 2. The Bertz CT molecular complexity index is 1390. The number of aliphatic hydroxyl groups is 2. The first-order valence-electron chi connectivity index (χ1n) is 13.1. The van der Waals surface area contributed by atoms with Crippen molar-refractivity contribution < 1.29 is 53.0 Å². The topological polar surface area (TPSA) is 203 Å². The van der Waals surface area contributed by atoms with Crippen LogP contribution in [0.2, 0.25) is 0 Å². The Morgan fingerprint density at radius 2 is 1.64 bits per heavy atom. The van der Waals surface area contributed by atoms with Gasteiger partial charge in [0.2, 0.25) is 0 Å². The highest BCUT2D eigenvalue weighted by Crippen LogP contribution is 2.36. The van der Waals surface area contributed by atoms with Crippen molar-refractivity contribution in [3.63, 3.8) is 0 Å². The summed E-state index contributed by atoms with van der Waals surface area (Å²) in [5.74, 6) is -2.02. The Labute approximate surface area is 238 Å². The summed E-state index contributed by atoms with van der Waals surface area (Å²) in [6, 6.07) is 8.51. The molecule has 4 heterocycles. The summed E-state index contributed by atoms with van der Waals surface area (Å²) in [4.78, 5) is 50.3. The van der Waals surface area contributed by atoms with Gasteiger partial charge in [-0.3, -0.25) is 9.36 Å². The first kappa shape index (κ1) is 29.4. The lowest BCUT2D eigenvalue weighted by atomic mass is 10.1. The fraction of sp³-hybridized carbons (Fsp3) is 0.462. The number of rotatable bonds is 10. The minimum absolute atomic E-state index is 0.0263. The summed E-state index contributed by atoms with van der Waals surface area (Å²) >= 11 is 0. The molecule has 1 amide bonds. The van der Waals surface area contributed by atoms with E-state index < -0.39 is 67.7 Å². The van der Waals surface area contributed by atoms with Crippen LogP contribution in [0.5, 0.6) is 0 Å². The summed E-state index contributed by atoms with van der Waals surface area (Å²) in [6.07, 6.45) is -5.36. The van der Waals surface area contributed by atoms with Gasteiger partial charge in [0.25, 0.3) is 12.4 Å². The van der Waals surface area contributed by atoms with Crippen molar-refractivity contribution >= 4 is 34.8 Å². The molecule has 0 aliphatic carbocycles. The smallest absolute Gasteiger partial charge is 0.338 e. The summed E-state index contributed by atoms with van der Waals surface area (Å²) < 4.78 is 34.2. The quantitative estimate of drug-likeness (QED) is 0.265. The third-order valence-corrected chi connectivity index (χ3v) is 6.49. The number of carbonyl (C=O) groups is 3. The highest BCUT2D eigenvalue weighted by Gasteiger charge is 2.52. The lowest BCUT2D eigenvalue weighted by Crippen LogP contribution is -2.39. The number of benzene rings is 1. The van der Waals surface area contributed by atoms with E-state index in [0.717, 1.165) is 0 Å². The number of hydrogen-bond donors (Lipinski definition) is 3. The molecular formula is C26H29N5O11. The van der Waals surface area contributed by atoms with Crippen LogP contribution >= 0.6 is 0 Å². The lowest BCUT2D eigenvalue weighted by Gasteiger charge is -2.24. The van der Waals surface area contributed by atoms with Gasteiger partial charge in [-0.2, -0.15) is 0 Å². The van der Waals surface area contributed by atoms with Gasteiger partial charge in [0.1, 0.15) is 24.6 Å². The van der Waals surface area contributed by atoms with Crippen molar-refractivity contribution in [3.8, 4) is 0 Å². The van der Waals surface area contributed by atoms with Crippen molar-refractivity contribution in [1.29, 1.82) is 0 Å². The Kier molecular flexibility index (Phi) is 9.00. The summed E-state index contributed by atoms with van der Waals surface area (Å²) in [5, 5.41) is 23.5. The number of ether oxygens (including phenoxy) is 6. The zero-order valence-corrected chi connectivity index (χ0v) is 22.6. The molecule has 0 spiro atoms. The first-order valence-corrected chi connectivity index (χ1v) is 13.1. The van der Waals surface area contributed by atoms with E-state index in [1.807, 2.05) is 0 Å². The second kappa shape index (κ2) is 12.8. The average molecular weight is 588 g/mol. The standard InChI is InChI=1S/C26H29N5O11/c1-3-37-24(35)18-19(25(36)38-4-2)42-26(41-18)40-17-16(33)14(10-32)39-23(17)31-12-29-15-20(27-11-28-21(15)31)30-22(34)13-8-6-5-7-9-13/h5-9,11-12,14,16-19,23,26,32-33H,3-4,10H2,1-2H3,(H,27,28,30,34)/t14-,16-,17-,18?,19?,23-,26?/m1/s1. The van der Waals surface area contributed by atoms with Crippen molar-refractivity contribution in [2.45, 2.75) is 57.1 Å². The minimum Gasteiger partial charge on any atom is -0.464 e. The molecule has 3 N–H and O–H groups in total. The van der Waals surface area contributed by atoms with E-state index in [0.29, 0.717) is 5.56 Å². The summed E-state index contributed by atoms with van der Waals surface area (Å²) in [6.45, 7) is 1.04. The molecule has 2 saturated heterocycles. The molecule has 16 heteroatoms. The molecule has 0 bridgehead atoms. The minimum atomic E-state index is -1.62. The van der Waals surface area contributed by atoms with Gasteiger partial charge in [-0.15, -0.1) is 0 Å². The van der Waals surface area contributed by atoms with Gasteiger partial charge in [-0.25, -0.2) is 24.5 Å². The molecular weight excluding hydrogens is 558 g/mol. The maximum atomic E-state index is 12.7. The molecule has 1 aromatic carbocycles. The molecule has 42 heavy (non-hydrogen) atoms. The molecule has 0 saturated carbocycles. The molecule has 5 rings (SSSR count). The van der Waals surface area contributed by atoms with Crippen LogP contribution in [-0.2, 0) is 38.0 Å². The molecule has 2 aliphatic heterocycles. The number of anilines is 1. The van der Waals surface area contributed by atoms with E-state index in [1.165, 1.54) is 17.2 Å². The second-order valence-electron chi connectivity index (χ2n) is 9.11. The van der Waals surface area contributed by atoms with Gasteiger partial charge in [0.15, 0.2) is 35.4 Å². The molecule has 2 aliphatic rings. The van der Waals surface area contributed by atoms with Crippen LogP contribution in [0.25, 0.3) is 11.2 Å². The number of hydrogen-bond acceptors (Lipinski definition) is 14. The number of aliphatic hydroxyl groups excluding tert-OH is 2. The molecule has 16 nitrogen and oxygen atoms in total. The number of carbonyl (C=O) groups excluding carboxylic acids is 3. The van der Waals surface area contributed by atoms with Gasteiger partial charge in [-0.05, 0) is 26.0 Å². The monoisotopic (exact) mass is 587 g/mol. The van der Waals surface area contributed by atoms with Crippen molar-refractivity contribution in [1.82, 2.24) is 19.5 Å². The van der Waals surface area contributed by atoms with Gasteiger partial charge in [-0.1, -0.05) is 18.2 Å². The van der Waals surface area contributed by atoms with Gasteiger partial charge in [0, 0.05) is 5.56 Å². The highest BCUT2D eigenvalue weighted by molar-refractivity contribution is 6.06. The largest absolute Gasteiger partial charge is 0.464 e. The predicted molar refractivity (Wildman–Crippen MR) is 138 cm³/mol. The number of aromatic nitrogens is 4. The van der Waals surface area contributed by atoms with E-state index in [4.69, 9.17) is 28.4 Å². The van der Waals surface area contributed by atoms with Crippen molar-refractivity contribution in [2.24, 2.45) is 0 Å². The lowest BCUT2D eigenvalue weighted by molar-refractivity contribution is -0.280. The zero-order valence-electron chi connectivity index (χ0n) is 22.6. The van der Waals surface area contributed by atoms with Crippen LogP contribution in [0.4, 0.5) is 5.82 Å². The van der Waals surface area contributed by atoms with Gasteiger partial charge >= 0.3 is 11.9 Å². The van der Waals surface area contributed by atoms with Gasteiger partial charge in [0.05, 0.1) is 26.1 Å². The Balaban J connectivity index is 1.40. The van der Waals surface area contributed by atoms with Crippen LogP contribution in [0, 0.1) is 0 Å². The molecule has 6 atom stereocenters. The maximum Gasteiger partial charge on any atom is 0.338 e. The van der Waals surface area contributed by atoms with E-state index in [1.54, 1.807) is 44.2 Å². The Hall–Kier alpha value is -4.06. The van der Waals surface area contributed by atoms with Crippen molar-refractivity contribution in [2.75, 3.05) is 25.1 Å². The Morgan fingerprint density at radius 1 is 0.976 bits per heavy atom. The third-order valence-electron chi connectivity index (χ3n) is 6.49. The molecule has 0 radical (unpaired) electrons. The number of imidazole rings is 1. The molecule has 2 aromatic heterocycles. The molecule has 3 aromatic rings. The average Bonchev–Trinajstić information content (AvgIpc) is 3.70. The van der Waals surface area contributed by atoms with E-state index in [-0.39, 0.29) is 30.2 Å². The first-order chi connectivity index (χ1) is 20.4. The van der Waals surface area contributed by atoms with E-state index in [2.05, 4.69) is 20.3 Å². The van der Waals surface area contributed by atoms with Crippen LogP contribution in [0.3, 0.4) is 0 Å². The third kappa shape index (κ3) is 5.80. The molecule has 224 valence electrons. The number of nitrogens with one attached hydrogen (secondary N) is 1. The van der Waals surface area contributed by atoms with E-state index >= 15 is 0 Å². The highest BCUT2D eigenvalue weighted by atomic mass is 16.9. The van der Waals surface area contributed by atoms with Crippen molar-refractivity contribution in [3.05, 3.63) is 48.5 Å². The number of amides is 1. The normalized spacial score (nSPS) is 27.2. The molecule has 2 fully saturated rings. The Morgan fingerprint density at radius 3 is 2.26 bits per heavy atom. The summed E-state index contributed by atoms with van der Waals surface area (Å²) in [7, 11) is 0. The number of nitrogens with zero attached hydrogens (tertiary/aromatic N) is 4. The van der Waals surface area contributed by atoms with E-state index in [9.17, 15) is 24.6 Å². The predicted octanol–water partition coefficient (Wildman–Crippen LogP) is -0.0918. The fourth-order valence-corrected chi connectivity index (χ4v) is 4.55. The van der Waals surface area contributed by atoms with Crippen LogP contribution in [0.15, 0.2) is 43.0 Å². The second-order valence-corrected chi connectivity index (χ2v) is 9.11.